The second-order valence-electron chi connectivity index (χ2n) is 5.34. The van der Waals surface area contributed by atoms with Crippen LogP contribution in [-0.4, -0.2) is 16.5 Å². The van der Waals surface area contributed by atoms with Gasteiger partial charge in [-0.05, 0) is 54.0 Å². The Morgan fingerprint density at radius 3 is 2.42 bits per heavy atom. The molecule has 0 fully saturated rings. The Balaban J connectivity index is 1.95. The zero-order valence-corrected chi connectivity index (χ0v) is 15.3. The fraction of sp³-hybridized carbons (Fsp3) is 0.158. The summed E-state index contributed by atoms with van der Waals surface area (Å²) in [6.45, 7) is 4.85. The summed E-state index contributed by atoms with van der Waals surface area (Å²) < 4.78 is 0.998. The van der Waals surface area contributed by atoms with Gasteiger partial charge in [0.25, 0.3) is 0 Å². The lowest BCUT2D eigenvalue weighted by molar-refractivity contribution is 0.953. The largest absolute Gasteiger partial charge is 0.339 e. The molecule has 0 radical (unpaired) electrons. The molecule has 4 nitrogen and oxygen atoms in total. The lowest BCUT2D eigenvalue weighted by Crippen LogP contribution is -2.18. The van der Waals surface area contributed by atoms with Crippen molar-refractivity contribution < 1.29 is 0 Å². The number of para-hydroxylation sites is 2. The Kier molecular flexibility index (Phi) is 5.11. The van der Waals surface area contributed by atoms with Crippen molar-refractivity contribution in [2.75, 3.05) is 16.8 Å². The monoisotopic (exact) mass is 382 g/mol. The fourth-order valence-electron chi connectivity index (χ4n) is 2.54. The third-order valence-corrected chi connectivity index (χ3v) is 4.31. The van der Waals surface area contributed by atoms with Crippen LogP contribution in [0.5, 0.6) is 0 Å². The van der Waals surface area contributed by atoms with E-state index in [0.29, 0.717) is 0 Å². The van der Waals surface area contributed by atoms with Crippen molar-refractivity contribution in [3.8, 4) is 0 Å². The molecule has 24 heavy (non-hydrogen) atoms. The van der Waals surface area contributed by atoms with Gasteiger partial charge in [0.15, 0.2) is 0 Å². The number of rotatable bonds is 5. The minimum atomic E-state index is 0.733. The molecule has 0 saturated heterocycles. The van der Waals surface area contributed by atoms with E-state index in [1.807, 2.05) is 55.5 Å². The molecule has 5 heteroatoms. The second kappa shape index (κ2) is 7.45. The molecule has 1 aromatic heterocycles. The summed E-state index contributed by atoms with van der Waals surface area (Å²) in [5, 5.41) is 3.36. The molecule has 0 aliphatic heterocycles. The molecule has 0 unspecified atom stereocenters. The highest BCUT2D eigenvalue weighted by molar-refractivity contribution is 9.10. The van der Waals surface area contributed by atoms with Crippen LogP contribution in [0.4, 0.5) is 23.0 Å². The van der Waals surface area contributed by atoms with Crippen LogP contribution in [0.3, 0.4) is 0 Å². The van der Waals surface area contributed by atoms with E-state index < -0.39 is 0 Å². The molecule has 122 valence electrons. The van der Waals surface area contributed by atoms with E-state index in [1.54, 1.807) is 0 Å². The van der Waals surface area contributed by atoms with Crippen LogP contribution in [0.15, 0.2) is 65.1 Å². The predicted octanol–water partition coefficient (Wildman–Crippen LogP) is 5.45. The van der Waals surface area contributed by atoms with Gasteiger partial charge in [-0.15, -0.1) is 0 Å². The van der Waals surface area contributed by atoms with Gasteiger partial charge in [0.05, 0.1) is 5.69 Å². The maximum Gasteiger partial charge on any atom is 0.138 e. The number of anilines is 4. The molecule has 1 heterocycles. The van der Waals surface area contributed by atoms with Crippen LogP contribution in [0, 0.1) is 6.92 Å². The summed E-state index contributed by atoms with van der Waals surface area (Å²) in [6, 6.07) is 20.2. The smallest absolute Gasteiger partial charge is 0.138 e. The van der Waals surface area contributed by atoms with E-state index in [9.17, 15) is 0 Å². The van der Waals surface area contributed by atoms with Gasteiger partial charge < -0.3 is 10.2 Å². The van der Waals surface area contributed by atoms with Crippen LogP contribution in [0.25, 0.3) is 0 Å². The molecule has 2 aromatic carbocycles. The summed E-state index contributed by atoms with van der Waals surface area (Å²) in [5.41, 5.74) is 2.09. The number of benzene rings is 2. The Bertz CT molecular complexity index is 821. The summed E-state index contributed by atoms with van der Waals surface area (Å²) in [7, 11) is 0. The van der Waals surface area contributed by atoms with Crippen molar-refractivity contribution in [2.45, 2.75) is 13.8 Å². The maximum atomic E-state index is 4.61. The highest BCUT2D eigenvalue weighted by Gasteiger charge is 2.11. The summed E-state index contributed by atoms with van der Waals surface area (Å²) >= 11 is 3.55. The highest BCUT2D eigenvalue weighted by atomic mass is 79.9. The fourth-order valence-corrected chi connectivity index (χ4v) is 2.92. The Hall–Kier alpha value is -2.40. The van der Waals surface area contributed by atoms with Crippen LogP contribution < -0.4 is 10.2 Å². The number of nitrogens with zero attached hydrogens (tertiary/aromatic N) is 3. The van der Waals surface area contributed by atoms with Gasteiger partial charge in [-0.25, -0.2) is 9.97 Å². The lowest BCUT2D eigenvalue weighted by Gasteiger charge is -2.23. The van der Waals surface area contributed by atoms with Gasteiger partial charge in [0.1, 0.15) is 17.5 Å². The van der Waals surface area contributed by atoms with Crippen molar-refractivity contribution in [2.24, 2.45) is 0 Å². The van der Waals surface area contributed by atoms with Gasteiger partial charge in [-0.1, -0.05) is 30.3 Å². The summed E-state index contributed by atoms with van der Waals surface area (Å²) in [6.07, 6.45) is 0. The molecule has 3 aromatic rings. The molecule has 0 saturated carbocycles. The van der Waals surface area contributed by atoms with E-state index >= 15 is 0 Å². The number of hydrogen-bond acceptors (Lipinski definition) is 4. The van der Waals surface area contributed by atoms with Gasteiger partial charge in [0.2, 0.25) is 0 Å². The van der Waals surface area contributed by atoms with Crippen molar-refractivity contribution in [3.05, 3.63) is 71.0 Å². The summed E-state index contributed by atoms with van der Waals surface area (Å²) in [4.78, 5) is 11.3. The molecule has 0 bridgehead atoms. The normalized spacial score (nSPS) is 10.5. The quantitative estimate of drug-likeness (QED) is 0.636. The van der Waals surface area contributed by atoms with Crippen molar-refractivity contribution in [3.63, 3.8) is 0 Å². The topological polar surface area (TPSA) is 41.0 Å². The summed E-state index contributed by atoms with van der Waals surface area (Å²) in [5.74, 6) is 2.39. The molecule has 0 amide bonds. The molecule has 1 N–H and O–H groups in total. The zero-order chi connectivity index (χ0) is 16.9. The van der Waals surface area contributed by atoms with E-state index in [0.717, 1.165) is 39.9 Å². The molecule has 0 aliphatic carbocycles. The van der Waals surface area contributed by atoms with E-state index in [4.69, 9.17) is 0 Å². The van der Waals surface area contributed by atoms with E-state index in [1.165, 1.54) is 0 Å². The van der Waals surface area contributed by atoms with E-state index in [-0.39, 0.29) is 0 Å². The molecule has 3 rings (SSSR count). The number of halogens is 1. The highest BCUT2D eigenvalue weighted by Crippen LogP contribution is 2.28. The van der Waals surface area contributed by atoms with Gasteiger partial charge in [0, 0.05) is 22.8 Å². The minimum absolute atomic E-state index is 0.733. The van der Waals surface area contributed by atoms with E-state index in [2.05, 4.69) is 55.2 Å². The average Bonchev–Trinajstić information content (AvgIpc) is 2.58. The zero-order valence-electron chi connectivity index (χ0n) is 13.7. The first kappa shape index (κ1) is 16.5. The first-order valence-electron chi connectivity index (χ1n) is 7.87. The number of aryl methyl sites for hydroxylation is 1. The molecular weight excluding hydrogens is 364 g/mol. The number of hydrogen-bond donors (Lipinski definition) is 1. The van der Waals surface area contributed by atoms with Crippen LogP contribution in [-0.2, 0) is 0 Å². The first-order chi connectivity index (χ1) is 11.7. The Labute approximate surface area is 150 Å². The maximum absolute atomic E-state index is 4.61. The lowest BCUT2D eigenvalue weighted by atomic mass is 10.2. The van der Waals surface area contributed by atoms with Crippen molar-refractivity contribution in [1.82, 2.24) is 9.97 Å². The number of nitrogens with one attached hydrogen (secondary N) is 1. The third kappa shape index (κ3) is 3.74. The van der Waals surface area contributed by atoms with Crippen LogP contribution in [0.2, 0.25) is 0 Å². The third-order valence-electron chi connectivity index (χ3n) is 3.62. The molecular formula is C19H19BrN4. The Morgan fingerprint density at radius 1 is 1.00 bits per heavy atom. The number of aromatic nitrogens is 2. The van der Waals surface area contributed by atoms with Gasteiger partial charge >= 0.3 is 0 Å². The molecule has 0 atom stereocenters. The average molecular weight is 383 g/mol. The second-order valence-corrected chi connectivity index (χ2v) is 6.20. The van der Waals surface area contributed by atoms with Gasteiger partial charge in [-0.3, -0.25) is 0 Å². The van der Waals surface area contributed by atoms with Crippen molar-refractivity contribution >= 4 is 38.9 Å². The Morgan fingerprint density at radius 2 is 1.71 bits per heavy atom. The van der Waals surface area contributed by atoms with Crippen LogP contribution in [0.1, 0.15) is 12.7 Å². The van der Waals surface area contributed by atoms with Gasteiger partial charge in [-0.2, -0.15) is 0 Å². The van der Waals surface area contributed by atoms with Crippen molar-refractivity contribution in [1.29, 1.82) is 0 Å². The first-order valence-corrected chi connectivity index (χ1v) is 8.66. The molecule has 0 spiro atoms. The molecule has 0 aliphatic rings. The van der Waals surface area contributed by atoms with Crippen LogP contribution >= 0.6 is 15.9 Å². The standard InChI is InChI=1S/C19H19BrN4/c1-3-24(15-9-5-4-6-10-15)19-13-18(21-14(2)22-19)23-17-12-8-7-11-16(17)20/h4-13H,3H2,1-2H3,(H,21,22,23). The minimum Gasteiger partial charge on any atom is -0.339 e. The predicted molar refractivity (Wildman–Crippen MR) is 103 cm³/mol. The SMILES string of the molecule is CCN(c1ccccc1)c1cc(Nc2ccccc2Br)nc(C)n1.